The van der Waals surface area contributed by atoms with Crippen molar-refractivity contribution in [2.45, 2.75) is 38.1 Å². The second-order valence-electron chi connectivity index (χ2n) is 7.74. The zero-order valence-corrected chi connectivity index (χ0v) is 16.6. The maximum Gasteiger partial charge on any atom is 0.319 e. The summed E-state index contributed by atoms with van der Waals surface area (Å²) in [6, 6.07) is 11.5. The van der Waals surface area contributed by atoms with Gasteiger partial charge in [0.15, 0.2) is 5.76 Å². The summed E-state index contributed by atoms with van der Waals surface area (Å²) >= 11 is 0. The quantitative estimate of drug-likeness (QED) is 0.826. The van der Waals surface area contributed by atoms with Crippen LogP contribution in [0.2, 0.25) is 0 Å². The summed E-state index contributed by atoms with van der Waals surface area (Å²) in [6.45, 7) is 2.84. The van der Waals surface area contributed by atoms with E-state index in [0.717, 1.165) is 37.3 Å². The fourth-order valence-electron chi connectivity index (χ4n) is 4.08. The molecule has 2 aliphatic rings. The minimum absolute atomic E-state index is 0.0572. The molecule has 154 valence electrons. The molecule has 1 aliphatic carbocycles. The maximum absolute atomic E-state index is 12.4. The SMILES string of the molecule is O=C(Nc1ccc(N2CCN(C(=O)c3ccco3)CC2)cc1)NC1CCCCC1. The second kappa shape index (κ2) is 9.03. The number of furan rings is 1. The third-order valence-corrected chi connectivity index (χ3v) is 5.73. The number of nitrogens with one attached hydrogen (secondary N) is 2. The lowest BCUT2D eigenvalue weighted by Crippen LogP contribution is -2.48. The molecule has 4 rings (SSSR count). The van der Waals surface area contributed by atoms with Crippen LogP contribution in [0.1, 0.15) is 42.7 Å². The van der Waals surface area contributed by atoms with Gasteiger partial charge in [-0.2, -0.15) is 0 Å². The molecule has 1 aromatic heterocycles. The van der Waals surface area contributed by atoms with Gasteiger partial charge in [-0.3, -0.25) is 4.79 Å². The van der Waals surface area contributed by atoms with E-state index in [1.807, 2.05) is 29.2 Å². The smallest absolute Gasteiger partial charge is 0.319 e. The summed E-state index contributed by atoms with van der Waals surface area (Å²) in [5.74, 6) is 0.332. The highest BCUT2D eigenvalue weighted by atomic mass is 16.3. The second-order valence-corrected chi connectivity index (χ2v) is 7.74. The van der Waals surface area contributed by atoms with Gasteiger partial charge < -0.3 is 24.9 Å². The molecule has 1 saturated heterocycles. The van der Waals surface area contributed by atoms with Crippen molar-refractivity contribution in [3.05, 3.63) is 48.4 Å². The Bertz CT molecular complexity index is 805. The molecule has 0 spiro atoms. The molecule has 29 heavy (non-hydrogen) atoms. The van der Waals surface area contributed by atoms with E-state index >= 15 is 0 Å². The molecule has 2 aromatic rings. The normalized spacial score (nSPS) is 17.8. The van der Waals surface area contributed by atoms with Crippen molar-refractivity contribution in [1.82, 2.24) is 10.2 Å². The van der Waals surface area contributed by atoms with E-state index in [4.69, 9.17) is 4.42 Å². The predicted octanol–water partition coefficient (Wildman–Crippen LogP) is 3.70. The van der Waals surface area contributed by atoms with E-state index in [0.29, 0.717) is 24.9 Å². The Morgan fingerprint density at radius 3 is 2.31 bits per heavy atom. The van der Waals surface area contributed by atoms with Crippen LogP contribution in [0.3, 0.4) is 0 Å². The van der Waals surface area contributed by atoms with E-state index in [1.165, 1.54) is 25.5 Å². The number of anilines is 2. The number of nitrogens with zero attached hydrogens (tertiary/aromatic N) is 2. The molecule has 2 N–H and O–H groups in total. The molecule has 3 amide bonds. The van der Waals surface area contributed by atoms with Crippen LogP contribution < -0.4 is 15.5 Å². The van der Waals surface area contributed by atoms with E-state index in [1.54, 1.807) is 12.1 Å². The van der Waals surface area contributed by atoms with Crippen molar-refractivity contribution in [2.24, 2.45) is 0 Å². The number of rotatable bonds is 4. The summed E-state index contributed by atoms with van der Waals surface area (Å²) in [7, 11) is 0. The summed E-state index contributed by atoms with van der Waals surface area (Å²) in [5.41, 5.74) is 1.88. The number of piperazine rings is 1. The number of carbonyl (C=O) groups excluding carboxylic acids is 2. The largest absolute Gasteiger partial charge is 0.459 e. The van der Waals surface area contributed by atoms with Crippen molar-refractivity contribution >= 4 is 23.3 Å². The van der Waals surface area contributed by atoms with Crippen LogP contribution >= 0.6 is 0 Å². The van der Waals surface area contributed by atoms with Crippen molar-refractivity contribution in [2.75, 3.05) is 36.4 Å². The van der Waals surface area contributed by atoms with Gasteiger partial charge in [0.1, 0.15) is 0 Å². The van der Waals surface area contributed by atoms with Gasteiger partial charge >= 0.3 is 6.03 Å². The number of hydrogen-bond acceptors (Lipinski definition) is 4. The van der Waals surface area contributed by atoms with Crippen molar-refractivity contribution < 1.29 is 14.0 Å². The van der Waals surface area contributed by atoms with Crippen LogP contribution in [-0.4, -0.2) is 49.1 Å². The lowest BCUT2D eigenvalue weighted by Gasteiger charge is -2.35. The Hall–Kier alpha value is -2.96. The van der Waals surface area contributed by atoms with E-state index < -0.39 is 0 Å². The molecule has 0 atom stereocenters. The standard InChI is InChI=1S/C22H28N4O3/c27-21(20-7-4-16-29-20)26-14-12-25(13-15-26)19-10-8-18(9-11-19)24-22(28)23-17-5-2-1-3-6-17/h4,7-11,16-17H,1-3,5-6,12-15H2,(H2,23,24,28). The van der Waals surface area contributed by atoms with Gasteiger partial charge in [-0.15, -0.1) is 0 Å². The highest BCUT2D eigenvalue weighted by Gasteiger charge is 2.24. The third kappa shape index (κ3) is 4.91. The molecular formula is C22H28N4O3. The molecule has 2 heterocycles. The topological polar surface area (TPSA) is 77.8 Å². The average Bonchev–Trinajstić information content (AvgIpc) is 3.29. The Labute approximate surface area is 171 Å². The molecule has 1 aromatic carbocycles. The zero-order chi connectivity index (χ0) is 20.1. The highest BCUT2D eigenvalue weighted by Crippen LogP contribution is 2.21. The number of hydrogen-bond donors (Lipinski definition) is 2. The summed E-state index contributed by atoms with van der Waals surface area (Å²) in [5, 5.41) is 5.99. The van der Waals surface area contributed by atoms with Crippen LogP contribution in [0.15, 0.2) is 47.1 Å². The zero-order valence-electron chi connectivity index (χ0n) is 16.6. The van der Waals surface area contributed by atoms with Crippen LogP contribution in [-0.2, 0) is 0 Å². The Morgan fingerprint density at radius 2 is 1.66 bits per heavy atom. The minimum Gasteiger partial charge on any atom is -0.459 e. The number of amides is 3. The van der Waals surface area contributed by atoms with Crippen LogP contribution in [0, 0.1) is 0 Å². The third-order valence-electron chi connectivity index (χ3n) is 5.73. The molecule has 7 heteroatoms. The van der Waals surface area contributed by atoms with Crippen molar-refractivity contribution in [1.29, 1.82) is 0 Å². The fourth-order valence-corrected chi connectivity index (χ4v) is 4.08. The number of benzene rings is 1. The summed E-state index contributed by atoms with van der Waals surface area (Å²) in [4.78, 5) is 28.6. The summed E-state index contributed by atoms with van der Waals surface area (Å²) < 4.78 is 5.21. The van der Waals surface area contributed by atoms with Crippen LogP contribution in [0.5, 0.6) is 0 Å². The molecule has 7 nitrogen and oxygen atoms in total. The Kier molecular flexibility index (Phi) is 6.03. The average molecular weight is 396 g/mol. The molecular weight excluding hydrogens is 368 g/mol. The first-order valence-corrected chi connectivity index (χ1v) is 10.4. The molecule has 0 radical (unpaired) electrons. The fraction of sp³-hybridized carbons (Fsp3) is 0.455. The van der Waals surface area contributed by atoms with Gasteiger partial charge in [-0.1, -0.05) is 19.3 Å². The van der Waals surface area contributed by atoms with Gasteiger partial charge in [0.25, 0.3) is 5.91 Å². The van der Waals surface area contributed by atoms with Crippen LogP contribution in [0.4, 0.5) is 16.2 Å². The molecule has 2 fully saturated rings. The van der Waals surface area contributed by atoms with E-state index in [9.17, 15) is 9.59 Å². The molecule has 1 saturated carbocycles. The maximum atomic E-state index is 12.4. The first kappa shape index (κ1) is 19.4. The first-order chi connectivity index (χ1) is 14.2. The lowest BCUT2D eigenvalue weighted by atomic mass is 9.96. The van der Waals surface area contributed by atoms with Crippen molar-refractivity contribution in [3.63, 3.8) is 0 Å². The van der Waals surface area contributed by atoms with Gasteiger partial charge in [0, 0.05) is 43.6 Å². The number of carbonyl (C=O) groups is 2. The predicted molar refractivity (Wildman–Crippen MR) is 112 cm³/mol. The van der Waals surface area contributed by atoms with Crippen LogP contribution in [0.25, 0.3) is 0 Å². The van der Waals surface area contributed by atoms with Crippen molar-refractivity contribution in [3.8, 4) is 0 Å². The Balaban J connectivity index is 1.26. The first-order valence-electron chi connectivity index (χ1n) is 10.4. The van der Waals surface area contributed by atoms with E-state index in [-0.39, 0.29) is 11.9 Å². The molecule has 1 aliphatic heterocycles. The molecule has 0 bridgehead atoms. The van der Waals surface area contributed by atoms with Gasteiger partial charge in [-0.05, 0) is 49.2 Å². The summed E-state index contributed by atoms with van der Waals surface area (Å²) in [6.07, 6.45) is 7.32. The monoisotopic (exact) mass is 396 g/mol. The number of urea groups is 1. The van der Waals surface area contributed by atoms with Gasteiger partial charge in [-0.25, -0.2) is 4.79 Å². The Morgan fingerprint density at radius 1 is 0.931 bits per heavy atom. The highest BCUT2D eigenvalue weighted by molar-refractivity contribution is 5.91. The van der Waals surface area contributed by atoms with Gasteiger partial charge in [0.2, 0.25) is 0 Å². The lowest BCUT2D eigenvalue weighted by molar-refractivity contribution is 0.0714. The minimum atomic E-state index is -0.130. The van der Waals surface area contributed by atoms with Gasteiger partial charge in [0.05, 0.1) is 6.26 Å². The van der Waals surface area contributed by atoms with E-state index in [2.05, 4.69) is 15.5 Å². The molecule has 0 unspecified atom stereocenters.